The molecule has 0 unspecified atom stereocenters. The molecule has 0 saturated heterocycles. The maximum absolute atomic E-state index is 2.52. The fourth-order valence-electron chi connectivity index (χ4n) is 11.4. The molecule has 322 valence electrons. The Morgan fingerprint density at radius 2 is 0.754 bits per heavy atom. The largest absolute Gasteiger partial charge is 0.309 e. The van der Waals surface area contributed by atoms with Crippen LogP contribution in [0.2, 0.25) is 0 Å². The van der Waals surface area contributed by atoms with Gasteiger partial charge < -0.3 is 9.13 Å². The number of hydrogen-bond donors (Lipinski definition) is 0. The van der Waals surface area contributed by atoms with Gasteiger partial charge in [-0.05, 0) is 126 Å². The van der Waals surface area contributed by atoms with Gasteiger partial charge in [0.15, 0.2) is 0 Å². The maximum Gasteiger partial charge on any atom is 0.0562 e. The van der Waals surface area contributed by atoms with Crippen LogP contribution in [0.15, 0.2) is 255 Å². The lowest BCUT2D eigenvalue weighted by atomic mass is 9.89. The molecule has 14 aromatic rings. The zero-order chi connectivity index (χ0) is 45.4. The van der Waals surface area contributed by atoms with Gasteiger partial charge in [-0.25, -0.2) is 0 Å². The zero-order valence-electron chi connectivity index (χ0n) is 37.9. The van der Waals surface area contributed by atoms with E-state index in [0.29, 0.717) is 0 Å². The van der Waals surface area contributed by atoms with Gasteiger partial charge in [-0.1, -0.05) is 206 Å². The van der Waals surface area contributed by atoms with Crippen molar-refractivity contribution in [2.75, 3.05) is 0 Å². The minimum Gasteiger partial charge on any atom is -0.309 e. The Kier molecular flexibility index (Phi) is 9.00. The van der Waals surface area contributed by atoms with Crippen molar-refractivity contribution in [2.24, 2.45) is 0 Å². The Hall–Kier alpha value is -8.98. The Labute approximate surface area is 400 Å². The third-order valence-corrected chi connectivity index (χ3v) is 14.5. The number of hydrogen-bond acceptors (Lipinski definition) is 0. The molecule has 0 fully saturated rings. The minimum atomic E-state index is 0.840. The molecule has 69 heavy (non-hydrogen) atoms. The van der Waals surface area contributed by atoms with Crippen molar-refractivity contribution in [3.63, 3.8) is 0 Å². The molecule has 2 heterocycles. The van der Waals surface area contributed by atoms with Crippen LogP contribution in [0.3, 0.4) is 0 Å². The summed E-state index contributed by atoms with van der Waals surface area (Å²) in [5.41, 5.74) is 16.9. The molecule has 2 heteroatoms. The van der Waals surface area contributed by atoms with Crippen LogP contribution in [0, 0.1) is 0 Å². The average molecular weight is 877 g/mol. The van der Waals surface area contributed by atoms with E-state index in [-0.39, 0.29) is 0 Å². The van der Waals surface area contributed by atoms with Crippen LogP contribution < -0.4 is 0 Å². The molecule has 0 spiro atoms. The van der Waals surface area contributed by atoms with Gasteiger partial charge in [0.2, 0.25) is 0 Å². The molecule has 14 rings (SSSR count). The van der Waals surface area contributed by atoms with Gasteiger partial charge in [-0.3, -0.25) is 0 Å². The van der Waals surface area contributed by atoms with E-state index in [0.717, 1.165) is 17.8 Å². The monoisotopic (exact) mass is 876 g/mol. The van der Waals surface area contributed by atoms with Crippen molar-refractivity contribution in [1.29, 1.82) is 0 Å². The molecule has 12 aromatic carbocycles. The fraction of sp³-hybridized carbons (Fsp3) is 0.0149. The summed E-state index contributed by atoms with van der Waals surface area (Å²) in [4.78, 5) is 0. The number of rotatable bonds is 7. The molecule has 0 aliphatic carbocycles. The second-order valence-corrected chi connectivity index (χ2v) is 18.5. The summed E-state index contributed by atoms with van der Waals surface area (Å²) >= 11 is 0. The Morgan fingerprint density at radius 1 is 0.246 bits per heavy atom. The number of para-hydroxylation sites is 1. The predicted octanol–water partition coefficient (Wildman–Crippen LogP) is 17.9. The first-order valence-electron chi connectivity index (χ1n) is 24.0. The van der Waals surface area contributed by atoms with Gasteiger partial charge in [0.1, 0.15) is 0 Å². The highest BCUT2D eigenvalue weighted by Gasteiger charge is 2.22. The maximum atomic E-state index is 2.52. The van der Waals surface area contributed by atoms with Crippen molar-refractivity contribution in [1.82, 2.24) is 9.13 Å². The van der Waals surface area contributed by atoms with E-state index in [2.05, 4.69) is 264 Å². The summed E-state index contributed by atoms with van der Waals surface area (Å²) in [6.07, 6.45) is 0.840. The van der Waals surface area contributed by atoms with E-state index < -0.39 is 0 Å². The predicted molar refractivity (Wildman–Crippen MR) is 293 cm³/mol. The minimum absolute atomic E-state index is 0.840. The zero-order valence-corrected chi connectivity index (χ0v) is 37.9. The molecule has 0 saturated carbocycles. The van der Waals surface area contributed by atoms with Gasteiger partial charge in [0, 0.05) is 38.3 Å². The van der Waals surface area contributed by atoms with Crippen LogP contribution >= 0.6 is 0 Å². The number of benzene rings is 12. The third kappa shape index (κ3) is 6.41. The van der Waals surface area contributed by atoms with Crippen molar-refractivity contribution in [2.45, 2.75) is 6.42 Å². The van der Waals surface area contributed by atoms with Crippen molar-refractivity contribution in [3.05, 3.63) is 266 Å². The van der Waals surface area contributed by atoms with Gasteiger partial charge in [-0.15, -0.1) is 0 Å². The Balaban J connectivity index is 1.07. The molecule has 0 bridgehead atoms. The van der Waals surface area contributed by atoms with Crippen LogP contribution in [0.4, 0.5) is 0 Å². The quantitative estimate of drug-likeness (QED) is 0.141. The van der Waals surface area contributed by atoms with Crippen molar-refractivity contribution in [3.8, 4) is 44.8 Å². The molecule has 0 aliphatic heterocycles. The summed E-state index contributed by atoms with van der Waals surface area (Å²) in [6.45, 7) is 0. The highest BCUT2D eigenvalue weighted by molar-refractivity contribution is 6.34. The molecule has 2 nitrogen and oxygen atoms in total. The first-order chi connectivity index (χ1) is 34.2. The molecule has 0 atom stereocenters. The first-order valence-corrected chi connectivity index (χ1v) is 24.0. The molecule has 0 amide bonds. The van der Waals surface area contributed by atoms with Crippen LogP contribution in [0.1, 0.15) is 11.1 Å². The molecule has 0 aliphatic rings. The lowest BCUT2D eigenvalue weighted by molar-refractivity contribution is 1.17. The summed E-state index contributed by atoms with van der Waals surface area (Å²) < 4.78 is 4.99. The summed E-state index contributed by atoms with van der Waals surface area (Å²) in [6, 6.07) is 94.1. The van der Waals surface area contributed by atoms with E-state index in [1.165, 1.54) is 120 Å². The van der Waals surface area contributed by atoms with E-state index in [1.807, 2.05) is 0 Å². The summed E-state index contributed by atoms with van der Waals surface area (Å²) in [5.74, 6) is 0. The Bertz CT molecular complexity index is 4310. The lowest BCUT2D eigenvalue weighted by Crippen LogP contribution is -1.96. The van der Waals surface area contributed by atoms with Crippen LogP contribution in [0.5, 0.6) is 0 Å². The number of aromatic nitrogens is 2. The van der Waals surface area contributed by atoms with E-state index in [1.54, 1.807) is 0 Å². The fourth-order valence-corrected chi connectivity index (χ4v) is 11.4. The smallest absolute Gasteiger partial charge is 0.0562 e. The van der Waals surface area contributed by atoms with Gasteiger partial charge in [0.25, 0.3) is 0 Å². The molecule has 0 N–H and O–H groups in total. The second kappa shape index (κ2) is 15.8. The SMILES string of the molecule is c1ccc(-c2cccc(Cc3cc4ccc5ccc6c(c7cc8c9ccccc9n(-c9cccc(-c%10ccccc%10)c9)c8cc7n6-c6cccc(-c7ccccc7)c6)c5c4c4ccccc34)c2)cc1. The van der Waals surface area contributed by atoms with Gasteiger partial charge in [-0.2, -0.15) is 0 Å². The average Bonchev–Trinajstić information content (AvgIpc) is 3.93. The standard InChI is InChI=1S/C67H44N2/c1-4-18-45(19-5-1)49-24-14-17-44(37-49)38-53-39-52-34-33-48-35-36-62-67(66(48)65(52)58-31-11-10-29-56(53)58)60-42-59-57-30-12-13-32-61(57)68(54-27-15-25-50(40-54)46-20-6-2-7-21-46)63(59)43-64(60)69(62)55-28-16-26-51(41-55)47-22-8-3-9-23-47/h1-37,39-43H,38H2. The normalized spacial score (nSPS) is 11.8. The van der Waals surface area contributed by atoms with Crippen molar-refractivity contribution < 1.29 is 0 Å². The van der Waals surface area contributed by atoms with Crippen LogP contribution in [-0.2, 0) is 6.42 Å². The molecular weight excluding hydrogens is 833 g/mol. The van der Waals surface area contributed by atoms with Gasteiger partial charge >= 0.3 is 0 Å². The molecule has 2 aromatic heterocycles. The molecule has 0 radical (unpaired) electrons. The van der Waals surface area contributed by atoms with Gasteiger partial charge in [0.05, 0.1) is 22.1 Å². The highest BCUT2D eigenvalue weighted by Crippen LogP contribution is 2.46. The first kappa shape index (κ1) is 39.2. The number of nitrogens with zero attached hydrogens (tertiary/aromatic N) is 2. The third-order valence-electron chi connectivity index (χ3n) is 14.5. The Morgan fingerprint density at radius 3 is 1.42 bits per heavy atom. The lowest BCUT2D eigenvalue weighted by Gasteiger charge is -2.15. The molecular formula is C67H44N2. The van der Waals surface area contributed by atoms with E-state index in [9.17, 15) is 0 Å². The van der Waals surface area contributed by atoms with Crippen molar-refractivity contribution >= 4 is 75.9 Å². The van der Waals surface area contributed by atoms with E-state index in [4.69, 9.17) is 0 Å². The van der Waals surface area contributed by atoms with Crippen LogP contribution in [0.25, 0.3) is 121 Å². The number of fused-ring (bicyclic) bond motifs is 12. The highest BCUT2D eigenvalue weighted by atomic mass is 15.0. The summed E-state index contributed by atoms with van der Waals surface area (Å²) in [5, 5.41) is 12.7. The summed E-state index contributed by atoms with van der Waals surface area (Å²) in [7, 11) is 0. The topological polar surface area (TPSA) is 9.86 Å². The van der Waals surface area contributed by atoms with E-state index >= 15 is 0 Å². The van der Waals surface area contributed by atoms with Crippen LogP contribution in [-0.4, -0.2) is 9.13 Å². The second-order valence-electron chi connectivity index (χ2n) is 18.5.